The maximum atomic E-state index is 11.6. The monoisotopic (exact) mass is 370 g/mol. The van der Waals surface area contributed by atoms with E-state index < -0.39 is 16.1 Å². The molecule has 25 heavy (non-hydrogen) atoms. The van der Waals surface area contributed by atoms with Crippen molar-refractivity contribution in [1.82, 2.24) is 10.5 Å². The smallest absolute Gasteiger partial charge is 0.304 e. The van der Waals surface area contributed by atoms with Crippen LogP contribution in [0.3, 0.4) is 0 Å². The molecule has 0 unspecified atom stereocenters. The Bertz CT molecular complexity index is 808. The fraction of sp³-hybridized carbons (Fsp3) is 0.286. The van der Waals surface area contributed by atoms with Gasteiger partial charge in [0.05, 0.1) is 12.1 Å². The van der Waals surface area contributed by atoms with Crippen molar-refractivity contribution >= 4 is 33.4 Å². The summed E-state index contributed by atoms with van der Waals surface area (Å²) < 4.78 is 32.7. The summed E-state index contributed by atoms with van der Waals surface area (Å²) >= 11 is 0. The average Bonchev–Trinajstić information content (AvgIpc) is 2.51. The van der Waals surface area contributed by atoms with E-state index in [2.05, 4.69) is 10.9 Å². The van der Waals surface area contributed by atoms with Gasteiger partial charge in [0, 0.05) is 31.9 Å². The molecule has 1 aromatic rings. The first kappa shape index (κ1) is 18.9. The number of hydrogen-bond donors (Lipinski definition) is 4. The van der Waals surface area contributed by atoms with Crippen LogP contribution < -0.4 is 15.9 Å². The van der Waals surface area contributed by atoms with Crippen LogP contribution in [0.5, 0.6) is 0 Å². The maximum absolute atomic E-state index is 11.6. The number of aliphatic carboxylic acids is 1. The summed E-state index contributed by atoms with van der Waals surface area (Å²) in [5.41, 5.74) is 3.26. The third kappa shape index (κ3) is 5.26. The fourth-order valence-electron chi connectivity index (χ4n) is 2.22. The lowest BCUT2D eigenvalue weighted by Crippen LogP contribution is -2.51. The Labute approximate surface area is 144 Å². The molecule has 1 aromatic carbocycles. The molecule has 0 bridgehead atoms. The Morgan fingerprint density at radius 3 is 2.68 bits per heavy atom. The lowest BCUT2D eigenvalue weighted by Gasteiger charge is -2.34. The lowest BCUT2D eigenvalue weighted by atomic mass is 10.2. The molecular weight excluding hydrogens is 352 g/mol. The fourth-order valence-corrected chi connectivity index (χ4v) is 2.88. The van der Waals surface area contributed by atoms with E-state index in [1.165, 1.54) is 30.1 Å². The number of carbonyl (C=O) groups excluding carboxylic acids is 1. The number of nitrogens with zero attached hydrogens (tertiary/aromatic N) is 2. The highest BCUT2D eigenvalue weighted by molar-refractivity contribution is 7.86. The molecule has 0 aromatic heterocycles. The van der Waals surface area contributed by atoms with Gasteiger partial charge in [0.15, 0.2) is 0 Å². The zero-order valence-corrected chi connectivity index (χ0v) is 14.2. The van der Waals surface area contributed by atoms with E-state index in [0.717, 1.165) is 0 Å². The summed E-state index contributed by atoms with van der Waals surface area (Å²) in [6.07, 6.45) is 3.13. The number of hydrogen-bond acceptors (Lipinski definition) is 7. The molecule has 0 saturated heterocycles. The second kappa shape index (κ2) is 7.61. The van der Waals surface area contributed by atoms with Crippen molar-refractivity contribution in [3.05, 3.63) is 30.5 Å². The topological polar surface area (TPSA) is 139 Å². The molecule has 0 spiro atoms. The van der Waals surface area contributed by atoms with Gasteiger partial charge in [-0.25, -0.2) is 5.01 Å². The predicted octanol–water partition coefficient (Wildman–Crippen LogP) is 0.422. The average molecular weight is 370 g/mol. The van der Waals surface area contributed by atoms with E-state index in [-0.39, 0.29) is 29.5 Å². The molecule has 1 aliphatic heterocycles. The van der Waals surface area contributed by atoms with Gasteiger partial charge in [-0.05, 0) is 18.2 Å². The standard InChI is InChI=1S/C14H18N4O6S/c1-10(19)15-11-3-4-13(25(22,23)24)12(9-11)18-7-2-6-17(16-18)8-5-14(20)21/h2-4,7,9,16H,5-6,8H2,1H3,(H,15,19)(H,20,21)(H,22,23,24). The highest BCUT2D eigenvalue weighted by Crippen LogP contribution is 2.29. The van der Waals surface area contributed by atoms with Gasteiger partial charge in [0.1, 0.15) is 4.90 Å². The van der Waals surface area contributed by atoms with Crippen LogP contribution in [0.15, 0.2) is 35.4 Å². The number of benzene rings is 1. The number of nitrogens with one attached hydrogen (secondary N) is 2. The Kier molecular flexibility index (Phi) is 5.74. The third-order valence-corrected chi connectivity index (χ3v) is 4.14. The second-order valence-corrected chi connectivity index (χ2v) is 6.67. The molecule has 0 fully saturated rings. The first-order chi connectivity index (χ1) is 11.7. The molecule has 1 aliphatic rings. The zero-order chi connectivity index (χ0) is 18.6. The number of amides is 1. The van der Waals surface area contributed by atoms with Gasteiger partial charge in [-0.3, -0.25) is 19.2 Å². The summed E-state index contributed by atoms with van der Waals surface area (Å²) in [7, 11) is -4.51. The molecule has 4 N–H and O–H groups in total. The van der Waals surface area contributed by atoms with Crippen molar-refractivity contribution < 1.29 is 27.7 Å². The molecule has 0 atom stereocenters. The highest BCUT2D eigenvalue weighted by Gasteiger charge is 2.23. The minimum atomic E-state index is -4.51. The third-order valence-electron chi connectivity index (χ3n) is 3.24. The van der Waals surface area contributed by atoms with Crippen LogP contribution in [0, 0.1) is 0 Å². The van der Waals surface area contributed by atoms with Gasteiger partial charge < -0.3 is 10.4 Å². The Morgan fingerprint density at radius 1 is 1.36 bits per heavy atom. The minimum absolute atomic E-state index is 0.0741. The minimum Gasteiger partial charge on any atom is -0.481 e. The van der Waals surface area contributed by atoms with E-state index in [1.54, 1.807) is 17.3 Å². The van der Waals surface area contributed by atoms with Crippen LogP contribution in [0.25, 0.3) is 0 Å². The molecular formula is C14H18N4O6S. The molecule has 2 rings (SSSR count). The van der Waals surface area contributed by atoms with Gasteiger partial charge in [-0.2, -0.15) is 14.0 Å². The number of anilines is 2. The number of rotatable bonds is 6. The zero-order valence-electron chi connectivity index (χ0n) is 13.3. The van der Waals surface area contributed by atoms with Crippen LogP contribution in [-0.4, -0.2) is 48.1 Å². The maximum Gasteiger partial charge on any atom is 0.304 e. The van der Waals surface area contributed by atoms with Gasteiger partial charge in [-0.1, -0.05) is 6.08 Å². The van der Waals surface area contributed by atoms with E-state index in [1.807, 2.05) is 0 Å². The van der Waals surface area contributed by atoms with Gasteiger partial charge in [0.25, 0.3) is 10.1 Å². The normalized spacial score (nSPS) is 15.2. The van der Waals surface area contributed by atoms with Crippen molar-refractivity contribution in [3.8, 4) is 0 Å². The first-order valence-corrected chi connectivity index (χ1v) is 8.69. The lowest BCUT2D eigenvalue weighted by molar-refractivity contribution is -0.137. The van der Waals surface area contributed by atoms with Crippen molar-refractivity contribution in [2.24, 2.45) is 0 Å². The molecule has 1 heterocycles. The van der Waals surface area contributed by atoms with Crippen molar-refractivity contribution in [1.29, 1.82) is 0 Å². The Hall–Kier alpha value is -2.47. The molecule has 0 aliphatic carbocycles. The van der Waals surface area contributed by atoms with Crippen molar-refractivity contribution in [3.63, 3.8) is 0 Å². The quantitative estimate of drug-likeness (QED) is 0.525. The summed E-state index contributed by atoms with van der Waals surface area (Å²) in [5, 5.41) is 14.2. The van der Waals surface area contributed by atoms with Crippen LogP contribution >= 0.6 is 0 Å². The molecule has 0 saturated carbocycles. The van der Waals surface area contributed by atoms with Crippen LogP contribution in [0.2, 0.25) is 0 Å². The summed E-state index contributed by atoms with van der Waals surface area (Å²) in [6, 6.07) is 3.90. The number of carboxylic acid groups (broad SMARTS) is 1. The molecule has 0 radical (unpaired) electrons. The van der Waals surface area contributed by atoms with Crippen LogP contribution in [0.1, 0.15) is 13.3 Å². The van der Waals surface area contributed by atoms with Gasteiger partial charge in [-0.15, -0.1) is 0 Å². The van der Waals surface area contributed by atoms with Crippen LogP contribution in [-0.2, 0) is 19.7 Å². The summed E-state index contributed by atoms with van der Waals surface area (Å²) in [5.74, 6) is -1.30. The number of hydrazine groups is 2. The van der Waals surface area contributed by atoms with E-state index >= 15 is 0 Å². The number of carbonyl (C=O) groups is 2. The summed E-state index contributed by atoms with van der Waals surface area (Å²) in [4.78, 5) is 21.5. The summed E-state index contributed by atoms with van der Waals surface area (Å²) in [6.45, 7) is 1.90. The SMILES string of the molecule is CC(=O)Nc1ccc(S(=O)(=O)O)c(N2C=CCN(CCC(=O)O)N2)c1. The predicted molar refractivity (Wildman–Crippen MR) is 89.1 cm³/mol. The molecule has 136 valence electrons. The molecule has 11 heteroatoms. The largest absolute Gasteiger partial charge is 0.481 e. The van der Waals surface area contributed by atoms with E-state index in [0.29, 0.717) is 12.2 Å². The Balaban J connectivity index is 2.34. The van der Waals surface area contributed by atoms with E-state index in [9.17, 15) is 22.6 Å². The van der Waals surface area contributed by atoms with Crippen molar-refractivity contribution in [2.75, 3.05) is 23.4 Å². The highest BCUT2D eigenvalue weighted by atomic mass is 32.2. The Morgan fingerprint density at radius 2 is 2.08 bits per heavy atom. The first-order valence-electron chi connectivity index (χ1n) is 7.25. The van der Waals surface area contributed by atoms with Crippen LogP contribution in [0.4, 0.5) is 11.4 Å². The molecule has 1 amide bonds. The van der Waals surface area contributed by atoms with Gasteiger partial charge in [0.2, 0.25) is 5.91 Å². The second-order valence-electron chi connectivity index (χ2n) is 5.28. The van der Waals surface area contributed by atoms with Gasteiger partial charge >= 0.3 is 5.97 Å². The number of carboxylic acids is 1. The molecule has 10 nitrogen and oxygen atoms in total. The van der Waals surface area contributed by atoms with E-state index in [4.69, 9.17) is 5.11 Å². The van der Waals surface area contributed by atoms with Crippen molar-refractivity contribution in [2.45, 2.75) is 18.2 Å².